The fourth-order valence-electron chi connectivity index (χ4n) is 1.91. The molecule has 5 nitrogen and oxygen atoms in total. The minimum Gasteiger partial charge on any atom is -0.352 e. The van der Waals surface area contributed by atoms with Gasteiger partial charge in [-0.25, -0.2) is 8.78 Å². The summed E-state index contributed by atoms with van der Waals surface area (Å²) in [4.78, 5) is 15.8. The predicted octanol–water partition coefficient (Wildman–Crippen LogP) is 2.27. The van der Waals surface area contributed by atoms with Gasteiger partial charge in [0.25, 0.3) is 0 Å². The summed E-state index contributed by atoms with van der Waals surface area (Å²) in [5.41, 5.74) is 1.40. The van der Waals surface area contributed by atoms with Gasteiger partial charge in [-0.2, -0.15) is 0 Å². The van der Waals surface area contributed by atoms with Gasteiger partial charge in [-0.15, -0.1) is 0 Å². The lowest BCUT2D eigenvalue weighted by Crippen LogP contribution is -2.41. The molecule has 0 aliphatic carbocycles. The van der Waals surface area contributed by atoms with E-state index >= 15 is 0 Å². The zero-order chi connectivity index (χ0) is 17.4. The fourth-order valence-corrected chi connectivity index (χ4v) is 1.91. The number of nitrogens with one attached hydrogen (secondary N) is 3. The van der Waals surface area contributed by atoms with E-state index in [-0.39, 0.29) is 24.1 Å². The number of carbonyl (C=O) groups excluding carboxylic acids is 1. The maximum atomic E-state index is 12.8. The van der Waals surface area contributed by atoms with Crippen LogP contribution in [0.15, 0.2) is 53.5 Å². The predicted molar refractivity (Wildman–Crippen MR) is 89.6 cm³/mol. The van der Waals surface area contributed by atoms with Crippen LogP contribution in [0.3, 0.4) is 0 Å². The molecule has 2 aromatic carbocycles. The zero-order valence-corrected chi connectivity index (χ0v) is 13.1. The van der Waals surface area contributed by atoms with Crippen LogP contribution in [0.25, 0.3) is 0 Å². The highest BCUT2D eigenvalue weighted by Gasteiger charge is 2.05. The van der Waals surface area contributed by atoms with Gasteiger partial charge in [0.1, 0.15) is 11.6 Å². The first-order chi connectivity index (χ1) is 11.6. The highest BCUT2D eigenvalue weighted by atomic mass is 19.1. The van der Waals surface area contributed by atoms with Gasteiger partial charge in [-0.05, 0) is 42.0 Å². The molecule has 0 aliphatic rings. The maximum absolute atomic E-state index is 12.8. The average molecular weight is 332 g/mol. The number of benzene rings is 2. The van der Waals surface area contributed by atoms with Crippen molar-refractivity contribution in [3.8, 4) is 0 Å². The molecule has 7 heteroatoms. The van der Waals surface area contributed by atoms with Crippen LogP contribution in [0.1, 0.15) is 5.56 Å². The largest absolute Gasteiger partial charge is 0.352 e. The number of carbonyl (C=O) groups is 1. The number of nitrogens with zero attached hydrogens (tertiary/aromatic N) is 1. The van der Waals surface area contributed by atoms with Crippen molar-refractivity contribution < 1.29 is 13.6 Å². The molecule has 0 bridgehead atoms. The molecule has 0 heterocycles. The molecule has 0 radical (unpaired) electrons. The van der Waals surface area contributed by atoms with Crippen molar-refractivity contribution in [2.75, 3.05) is 18.9 Å². The fraction of sp³-hybridized carbons (Fsp3) is 0.176. The first-order valence-electron chi connectivity index (χ1n) is 7.31. The summed E-state index contributed by atoms with van der Waals surface area (Å²) in [6.07, 6.45) is 0. The number of aliphatic imine (C=N–C) groups is 1. The lowest BCUT2D eigenvalue weighted by atomic mass is 10.2. The quantitative estimate of drug-likeness (QED) is 0.581. The molecular formula is C17H18F2N4O. The lowest BCUT2D eigenvalue weighted by Gasteiger charge is -2.12. The van der Waals surface area contributed by atoms with Crippen LogP contribution in [0.2, 0.25) is 0 Å². The minimum absolute atomic E-state index is 0.000464. The standard InChI is InChI=1S/C17H18F2N4O/c1-20-17(21-10-12-2-4-13(18)5-3-12)22-11-16(24)23-15-8-6-14(19)7-9-15/h2-9H,10-11H2,1H3,(H,23,24)(H2,20,21,22). The van der Waals surface area contributed by atoms with E-state index in [2.05, 4.69) is 20.9 Å². The van der Waals surface area contributed by atoms with Crippen molar-refractivity contribution in [3.63, 3.8) is 0 Å². The third kappa shape index (κ3) is 5.68. The topological polar surface area (TPSA) is 65.5 Å². The molecule has 126 valence electrons. The van der Waals surface area contributed by atoms with Crippen molar-refractivity contribution in [1.82, 2.24) is 10.6 Å². The normalized spacial score (nSPS) is 11.0. The molecule has 0 aromatic heterocycles. The van der Waals surface area contributed by atoms with Gasteiger partial charge in [0.05, 0.1) is 6.54 Å². The van der Waals surface area contributed by atoms with Crippen molar-refractivity contribution in [2.45, 2.75) is 6.54 Å². The number of halogens is 2. The van der Waals surface area contributed by atoms with Gasteiger partial charge < -0.3 is 16.0 Å². The van der Waals surface area contributed by atoms with Gasteiger partial charge in [0, 0.05) is 19.3 Å². The van der Waals surface area contributed by atoms with Crippen LogP contribution >= 0.6 is 0 Å². The second-order valence-corrected chi connectivity index (χ2v) is 4.96. The molecule has 1 amide bonds. The Kier molecular flexibility index (Phi) is 6.24. The SMILES string of the molecule is CN=C(NCC(=O)Nc1ccc(F)cc1)NCc1ccc(F)cc1. The van der Waals surface area contributed by atoms with Gasteiger partial charge in [-0.1, -0.05) is 12.1 Å². The number of anilines is 1. The van der Waals surface area contributed by atoms with Gasteiger partial charge in [0.15, 0.2) is 5.96 Å². The van der Waals surface area contributed by atoms with Crippen LogP contribution in [0.5, 0.6) is 0 Å². The second kappa shape index (κ2) is 8.61. The summed E-state index contributed by atoms with van der Waals surface area (Å²) in [6, 6.07) is 11.6. The molecular weight excluding hydrogens is 314 g/mol. The molecule has 0 spiro atoms. The van der Waals surface area contributed by atoms with Gasteiger partial charge in [0.2, 0.25) is 5.91 Å². The summed E-state index contributed by atoms with van der Waals surface area (Å²) in [5.74, 6) is -0.504. The number of guanidine groups is 1. The Morgan fingerprint density at radius 2 is 1.54 bits per heavy atom. The van der Waals surface area contributed by atoms with Gasteiger partial charge in [-0.3, -0.25) is 9.79 Å². The Morgan fingerprint density at radius 1 is 0.958 bits per heavy atom. The van der Waals surface area contributed by atoms with E-state index in [1.807, 2.05) is 0 Å². The Balaban J connectivity index is 1.77. The van der Waals surface area contributed by atoms with Crippen LogP contribution in [0.4, 0.5) is 14.5 Å². The van der Waals surface area contributed by atoms with E-state index in [1.165, 1.54) is 36.4 Å². The van der Waals surface area contributed by atoms with E-state index in [4.69, 9.17) is 0 Å². The first-order valence-corrected chi connectivity index (χ1v) is 7.31. The third-order valence-electron chi connectivity index (χ3n) is 3.14. The minimum atomic E-state index is -0.364. The molecule has 2 rings (SSSR count). The molecule has 0 saturated heterocycles. The molecule has 0 atom stereocenters. The average Bonchev–Trinajstić information content (AvgIpc) is 2.58. The van der Waals surface area contributed by atoms with Crippen molar-refractivity contribution in [3.05, 3.63) is 65.7 Å². The summed E-state index contributed by atoms with van der Waals surface area (Å²) in [5, 5.41) is 8.52. The van der Waals surface area contributed by atoms with E-state index in [0.29, 0.717) is 18.2 Å². The van der Waals surface area contributed by atoms with Crippen LogP contribution in [-0.4, -0.2) is 25.5 Å². The van der Waals surface area contributed by atoms with Crippen molar-refractivity contribution in [1.29, 1.82) is 0 Å². The first kappa shape index (κ1) is 17.4. The summed E-state index contributed by atoms with van der Waals surface area (Å²) < 4.78 is 25.6. The van der Waals surface area contributed by atoms with E-state index in [1.54, 1.807) is 19.2 Å². The molecule has 24 heavy (non-hydrogen) atoms. The van der Waals surface area contributed by atoms with E-state index in [9.17, 15) is 13.6 Å². The van der Waals surface area contributed by atoms with E-state index in [0.717, 1.165) is 5.56 Å². The Hall–Kier alpha value is -2.96. The van der Waals surface area contributed by atoms with Crippen molar-refractivity contribution >= 4 is 17.6 Å². The summed E-state index contributed by atoms with van der Waals surface area (Å²) in [6.45, 7) is 0.444. The molecule has 0 aliphatic heterocycles. The highest BCUT2D eigenvalue weighted by molar-refractivity contribution is 5.94. The molecule has 0 fully saturated rings. The molecule has 3 N–H and O–H groups in total. The van der Waals surface area contributed by atoms with Crippen LogP contribution in [-0.2, 0) is 11.3 Å². The zero-order valence-electron chi connectivity index (χ0n) is 13.1. The summed E-state index contributed by atoms with van der Waals surface area (Å²) in [7, 11) is 1.58. The van der Waals surface area contributed by atoms with Gasteiger partial charge >= 0.3 is 0 Å². The Bertz CT molecular complexity index is 700. The smallest absolute Gasteiger partial charge is 0.243 e. The number of amides is 1. The number of hydrogen-bond acceptors (Lipinski definition) is 2. The number of rotatable bonds is 5. The monoisotopic (exact) mass is 332 g/mol. The summed E-state index contributed by atoms with van der Waals surface area (Å²) >= 11 is 0. The van der Waals surface area contributed by atoms with Crippen LogP contribution in [0, 0.1) is 11.6 Å². The van der Waals surface area contributed by atoms with E-state index < -0.39 is 0 Å². The lowest BCUT2D eigenvalue weighted by molar-refractivity contribution is -0.115. The Morgan fingerprint density at radius 3 is 2.12 bits per heavy atom. The maximum Gasteiger partial charge on any atom is 0.243 e. The van der Waals surface area contributed by atoms with Crippen molar-refractivity contribution in [2.24, 2.45) is 4.99 Å². The Labute approximate surface area is 138 Å². The highest BCUT2D eigenvalue weighted by Crippen LogP contribution is 2.07. The molecule has 0 saturated carbocycles. The number of hydrogen-bond donors (Lipinski definition) is 3. The second-order valence-electron chi connectivity index (χ2n) is 4.96. The van der Waals surface area contributed by atoms with Crippen LogP contribution < -0.4 is 16.0 Å². The molecule has 2 aromatic rings. The third-order valence-corrected chi connectivity index (χ3v) is 3.14. The molecule has 0 unspecified atom stereocenters.